The van der Waals surface area contributed by atoms with Crippen molar-refractivity contribution >= 4 is 5.91 Å². The summed E-state index contributed by atoms with van der Waals surface area (Å²) in [7, 11) is 4.08. The van der Waals surface area contributed by atoms with Crippen LogP contribution < -0.4 is 5.73 Å². The van der Waals surface area contributed by atoms with E-state index in [9.17, 15) is 4.79 Å². The standard InChI is InChI=1S/C13H27N3O/c1-11(14)4-5-13(17)16(3)10-12-6-8-15(2)9-7-12/h11-12H,4-10,14H2,1-3H3. The highest BCUT2D eigenvalue weighted by Gasteiger charge is 2.20. The van der Waals surface area contributed by atoms with E-state index >= 15 is 0 Å². The van der Waals surface area contributed by atoms with Gasteiger partial charge in [0.25, 0.3) is 0 Å². The van der Waals surface area contributed by atoms with E-state index in [2.05, 4.69) is 11.9 Å². The molecule has 1 rings (SSSR count). The molecule has 100 valence electrons. The lowest BCUT2D eigenvalue weighted by atomic mass is 9.96. The van der Waals surface area contributed by atoms with E-state index in [0.29, 0.717) is 12.3 Å². The van der Waals surface area contributed by atoms with E-state index in [-0.39, 0.29) is 11.9 Å². The molecule has 1 fully saturated rings. The maximum atomic E-state index is 11.8. The molecule has 1 unspecified atom stereocenters. The van der Waals surface area contributed by atoms with Crippen LogP contribution in [0.3, 0.4) is 0 Å². The maximum Gasteiger partial charge on any atom is 0.222 e. The van der Waals surface area contributed by atoms with Crippen molar-refractivity contribution in [2.45, 2.75) is 38.6 Å². The molecule has 2 N–H and O–H groups in total. The Kier molecular flexibility index (Phi) is 5.92. The van der Waals surface area contributed by atoms with Crippen molar-refractivity contribution in [3.05, 3.63) is 0 Å². The molecular weight excluding hydrogens is 214 g/mol. The second-order valence-electron chi connectivity index (χ2n) is 5.54. The highest BCUT2D eigenvalue weighted by Crippen LogP contribution is 2.17. The van der Waals surface area contributed by atoms with E-state index in [4.69, 9.17) is 5.73 Å². The Morgan fingerprint density at radius 2 is 2.06 bits per heavy atom. The Hall–Kier alpha value is -0.610. The zero-order valence-electron chi connectivity index (χ0n) is 11.5. The van der Waals surface area contributed by atoms with Crippen LogP contribution in [-0.4, -0.2) is 55.5 Å². The molecular formula is C13H27N3O. The highest BCUT2D eigenvalue weighted by molar-refractivity contribution is 5.75. The van der Waals surface area contributed by atoms with Crippen LogP contribution in [0.2, 0.25) is 0 Å². The average molecular weight is 241 g/mol. The molecule has 4 nitrogen and oxygen atoms in total. The summed E-state index contributed by atoms with van der Waals surface area (Å²) in [5, 5.41) is 0. The minimum atomic E-state index is 0.121. The largest absolute Gasteiger partial charge is 0.345 e. The second kappa shape index (κ2) is 6.97. The van der Waals surface area contributed by atoms with Crippen LogP contribution >= 0.6 is 0 Å². The quantitative estimate of drug-likeness (QED) is 0.778. The Labute approximate surface area is 105 Å². The summed E-state index contributed by atoms with van der Waals surface area (Å²) in [5.74, 6) is 0.914. The molecule has 4 heteroatoms. The zero-order valence-corrected chi connectivity index (χ0v) is 11.5. The van der Waals surface area contributed by atoms with Crippen LogP contribution in [0.5, 0.6) is 0 Å². The third-order valence-corrected chi connectivity index (χ3v) is 3.61. The Bertz CT molecular complexity index is 235. The van der Waals surface area contributed by atoms with E-state index < -0.39 is 0 Å². The first-order valence-electron chi connectivity index (χ1n) is 6.67. The molecule has 1 atom stereocenters. The average Bonchev–Trinajstić information content (AvgIpc) is 2.28. The lowest BCUT2D eigenvalue weighted by molar-refractivity contribution is -0.130. The lowest BCUT2D eigenvalue weighted by Crippen LogP contribution is -2.38. The molecule has 0 aliphatic carbocycles. The van der Waals surface area contributed by atoms with Crippen molar-refractivity contribution in [3.8, 4) is 0 Å². The highest BCUT2D eigenvalue weighted by atomic mass is 16.2. The van der Waals surface area contributed by atoms with Crippen LogP contribution in [0.4, 0.5) is 0 Å². The molecule has 0 aromatic rings. The van der Waals surface area contributed by atoms with Gasteiger partial charge in [-0.2, -0.15) is 0 Å². The van der Waals surface area contributed by atoms with E-state index in [0.717, 1.165) is 26.1 Å². The summed E-state index contributed by atoms with van der Waals surface area (Å²) in [6, 6.07) is 0.121. The number of nitrogens with zero attached hydrogens (tertiary/aromatic N) is 2. The minimum Gasteiger partial charge on any atom is -0.345 e. The summed E-state index contributed by atoms with van der Waals surface area (Å²) in [5.41, 5.74) is 5.66. The van der Waals surface area contributed by atoms with Gasteiger partial charge in [0.05, 0.1) is 0 Å². The Morgan fingerprint density at radius 1 is 1.47 bits per heavy atom. The van der Waals surface area contributed by atoms with E-state index in [1.807, 2.05) is 18.9 Å². The topological polar surface area (TPSA) is 49.6 Å². The van der Waals surface area contributed by atoms with Crippen molar-refractivity contribution in [3.63, 3.8) is 0 Å². The summed E-state index contributed by atoms with van der Waals surface area (Å²) >= 11 is 0. The molecule has 1 heterocycles. The number of carbonyl (C=O) groups excluding carboxylic acids is 1. The Balaban J connectivity index is 2.23. The molecule has 1 amide bonds. The molecule has 17 heavy (non-hydrogen) atoms. The fourth-order valence-electron chi connectivity index (χ4n) is 2.28. The normalized spacial score (nSPS) is 20.2. The third kappa shape index (κ3) is 5.50. The number of hydrogen-bond acceptors (Lipinski definition) is 3. The van der Waals surface area contributed by atoms with Gasteiger partial charge in [-0.05, 0) is 52.2 Å². The predicted octanol–water partition coefficient (Wildman–Crippen LogP) is 0.914. The van der Waals surface area contributed by atoms with Crippen LogP contribution in [0.25, 0.3) is 0 Å². The summed E-state index contributed by atoms with van der Waals surface area (Å²) in [6.45, 7) is 5.18. The van der Waals surface area contributed by atoms with Crippen LogP contribution in [-0.2, 0) is 4.79 Å². The molecule has 0 radical (unpaired) electrons. The molecule has 1 aliphatic rings. The predicted molar refractivity (Wildman–Crippen MR) is 70.7 cm³/mol. The van der Waals surface area contributed by atoms with E-state index in [1.165, 1.54) is 12.8 Å². The molecule has 0 bridgehead atoms. The monoisotopic (exact) mass is 241 g/mol. The number of nitrogens with two attached hydrogens (primary N) is 1. The van der Waals surface area contributed by atoms with Crippen LogP contribution in [0.15, 0.2) is 0 Å². The van der Waals surface area contributed by atoms with Crippen LogP contribution in [0, 0.1) is 5.92 Å². The van der Waals surface area contributed by atoms with Gasteiger partial charge in [-0.15, -0.1) is 0 Å². The molecule has 0 saturated carbocycles. The second-order valence-corrected chi connectivity index (χ2v) is 5.54. The van der Waals surface area contributed by atoms with E-state index in [1.54, 1.807) is 0 Å². The molecule has 1 saturated heterocycles. The SMILES string of the molecule is CC(N)CCC(=O)N(C)CC1CCN(C)CC1. The van der Waals surface area contributed by atoms with Gasteiger partial charge in [0.15, 0.2) is 0 Å². The summed E-state index contributed by atoms with van der Waals surface area (Å²) in [6.07, 6.45) is 3.79. The summed E-state index contributed by atoms with van der Waals surface area (Å²) in [4.78, 5) is 16.1. The number of rotatable bonds is 5. The van der Waals surface area contributed by atoms with Gasteiger partial charge in [-0.3, -0.25) is 4.79 Å². The number of piperidine rings is 1. The van der Waals surface area contributed by atoms with Crippen LogP contribution in [0.1, 0.15) is 32.6 Å². The molecule has 0 aromatic heterocycles. The van der Waals surface area contributed by atoms with Gasteiger partial charge in [0.1, 0.15) is 0 Å². The first-order valence-corrected chi connectivity index (χ1v) is 6.67. The van der Waals surface area contributed by atoms with Gasteiger partial charge in [-0.1, -0.05) is 0 Å². The lowest BCUT2D eigenvalue weighted by Gasteiger charge is -2.31. The maximum absolute atomic E-state index is 11.8. The first kappa shape index (κ1) is 14.5. The van der Waals surface area contributed by atoms with Crippen molar-refractivity contribution < 1.29 is 4.79 Å². The fourth-order valence-corrected chi connectivity index (χ4v) is 2.28. The minimum absolute atomic E-state index is 0.121. The molecule has 0 spiro atoms. The third-order valence-electron chi connectivity index (χ3n) is 3.61. The van der Waals surface area contributed by atoms with Gasteiger partial charge in [0, 0.05) is 26.1 Å². The van der Waals surface area contributed by atoms with Crippen molar-refractivity contribution in [1.29, 1.82) is 0 Å². The van der Waals surface area contributed by atoms with Gasteiger partial charge >= 0.3 is 0 Å². The Morgan fingerprint density at radius 3 is 2.59 bits per heavy atom. The zero-order chi connectivity index (χ0) is 12.8. The van der Waals surface area contributed by atoms with Crippen molar-refractivity contribution in [2.24, 2.45) is 11.7 Å². The first-order chi connectivity index (χ1) is 7.99. The number of likely N-dealkylation sites (tertiary alicyclic amines) is 1. The molecule has 0 aromatic carbocycles. The van der Waals surface area contributed by atoms with Gasteiger partial charge in [-0.25, -0.2) is 0 Å². The molecule has 1 aliphatic heterocycles. The fraction of sp³-hybridized carbons (Fsp3) is 0.923. The number of amides is 1. The van der Waals surface area contributed by atoms with Crippen molar-refractivity contribution in [2.75, 3.05) is 33.7 Å². The van der Waals surface area contributed by atoms with Gasteiger partial charge in [0.2, 0.25) is 5.91 Å². The number of hydrogen-bond donors (Lipinski definition) is 1. The smallest absolute Gasteiger partial charge is 0.222 e. The van der Waals surface area contributed by atoms with Gasteiger partial charge < -0.3 is 15.5 Å². The summed E-state index contributed by atoms with van der Waals surface area (Å²) < 4.78 is 0. The number of carbonyl (C=O) groups is 1. The van der Waals surface area contributed by atoms with Crippen molar-refractivity contribution in [1.82, 2.24) is 9.80 Å².